The van der Waals surface area contributed by atoms with Crippen molar-refractivity contribution in [1.29, 1.82) is 0 Å². The van der Waals surface area contributed by atoms with Gasteiger partial charge < -0.3 is 0 Å². The molecule has 0 radical (unpaired) electrons. The van der Waals surface area contributed by atoms with E-state index < -0.39 is 0 Å². The van der Waals surface area contributed by atoms with Crippen LogP contribution in [0.2, 0.25) is 5.28 Å². The molecule has 0 saturated heterocycles. The highest BCUT2D eigenvalue weighted by atomic mass is 35.5. The first kappa shape index (κ1) is 10.9. The van der Waals surface area contributed by atoms with Crippen molar-refractivity contribution >= 4 is 11.6 Å². The normalized spacial score (nSPS) is 10.5. The van der Waals surface area contributed by atoms with E-state index in [1.165, 1.54) is 0 Å². The molecular weight excluding hydrogens is 250 g/mol. The Morgan fingerprint density at radius 2 is 1.89 bits per heavy atom. The largest absolute Gasteiger partial charge is 0.226 e. The van der Waals surface area contributed by atoms with E-state index in [0.717, 1.165) is 11.4 Å². The van der Waals surface area contributed by atoms with E-state index in [1.54, 1.807) is 23.1 Å². The maximum atomic E-state index is 5.79. The van der Waals surface area contributed by atoms with Gasteiger partial charge in [-0.05, 0) is 29.8 Å². The van der Waals surface area contributed by atoms with E-state index in [1.807, 2.05) is 30.3 Å². The van der Waals surface area contributed by atoms with Crippen LogP contribution in [0.5, 0.6) is 0 Å². The Kier molecular flexibility index (Phi) is 2.74. The van der Waals surface area contributed by atoms with Crippen LogP contribution >= 0.6 is 11.6 Å². The van der Waals surface area contributed by atoms with Gasteiger partial charge in [0.2, 0.25) is 5.28 Å². The Balaban J connectivity index is 2.13. The number of hydrogen-bond acceptors (Lipinski definition) is 4. The summed E-state index contributed by atoms with van der Waals surface area (Å²) in [6.45, 7) is 0. The molecule has 0 atom stereocenters. The van der Waals surface area contributed by atoms with Crippen LogP contribution in [0.1, 0.15) is 0 Å². The summed E-state index contributed by atoms with van der Waals surface area (Å²) < 4.78 is 1.71. The average molecular weight is 258 g/mol. The van der Waals surface area contributed by atoms with Crippen LogP contribution in [0.25, 0.3) is 17.1 Å². The van der Waals surface area contributed by atoms with Crippen molar-refractivity contribution in [2.45, 2.75) is 0 Å². The Morgan fingerprint density at radius 1 is 1.06 bits per heavy atom. The Hall–Kier alpha value is -2.27. The van der Waals surface area contributed by atoms with Crippen LogP contribution in [0.4, 0.5) is 0 Å². The van der Waals surface area contributed by atoms with Crippen LogP contribution < -0.4 is 0 Å². The molecule has 0 bridgehead atoms. The van der Waals surface area contributed by atoms with Crippen LogP contribution in [0.3, 0.4) is 0 Å². The van der Waals surface area contributed by atoms with Gasteiger partial charge in [0.1, 0.15) is 5.69 Å². The van der Waals surface area contributed by atoms with Gasteiger partial charge in [0.25, 0.3) is 0 Å². The van der Waals surface area contributed by atoms with Crippen LogP contribution in [-0.2, 0) is 0 Å². The zero-order chi connectivity index (χ0) is 12.4. The highest BCUT2D eigenvalue weighted by Gasteiger charge is 2.10. The number of aromatic nitrogens is 5. The predicted octanol–water partition coefficient (Wildman–Crippen LogP) is 2.38. The Morgan fingerprint density at radius 3 is 2.67 bits per heavy atom. The molecule has 3 rings (SSSR count). The molecule has 0 unspecified atom stereocenters. The third-order valence-electron chi connectivity index (χ3n) is 2.44. The molecular formula is C12H8ClN5. The fraction of sp³-hybridized carbons (Fsp3) is 0. The second-order valence-corrected chi connectivity index (χ2v) is 3.92. The number of nitrogens with zero attached hydrogens (tertiary/aromatic N) is 5. The molecule has 3 aromatic rings. The lowest BCUT2D eigenvalue weighted by Crippen LogP contribution is -2.00. The van der Waals surface area contributed by atoms with Gasteiger partial charge in [-0.15, -0.1) is 5.10 Å². The average Bonchev–Trinajstić information content (AvgIpc) is 2.89. The quantitative estimate of drug-likeness (QED) is 0.662. The number of benzene rings is 1. The summed E-state index contributed by atoms with van der Waals surface area (Å²) in [6.07, 6.45) is 3.25. The number of halogens is 1. The lowest BCUT2D eigenvalue weighted by atomic mass is 10.3. The molecule has 0 amide bonds. The summed E-state index contributed by atoms with van der Waals surface area (Å²) in [7, 11) is 0. The molecule has 88 valence electrons. The predicted molar refractivity (Wildman–Crippen MR) is 67.4 cm³/mol. The summed E-state index contributed by atoms with van der Waals surface area (Å²) in [4.78, 5) is 8.01. The van der Waals surface area contributed by atoms with Gasteiger partial charge >= 0.3 is 0 Å². The Labute approximate surface area is 108 Å². The fourth-order valence-electron chi connectivity index (χ4n) is 1.65. The summed E-state index contributed by atoms with van der Waals surface area (Å²) in [5, 5.41) is 8.17. The molecule has 0 spiro atoms. The molecule has 2 aromatic heterocycles. The minimum absolute atomic E-state index is 0.202. The molecule has 0 aliphatic carbocycles. The lowest BCUT2D eigenvalue weighted by Gasteiger charge is -2.05. The standard InChI is InChI=1S/C12H8ClN5/c13-12-14-7-6-10(16-12)11-8-15-17-18(11)9-4-2-1-3-5-9/h1-8H. The number of hydrogen-bond donors (Lipinski definition) is 0. The number of para-hydroxylation sites is 1. The zero-order valence-electron chi connectivity index (χ0n) is 9.23. The molecule has 0 N–H and O–H groups in total. The summed E-state index contributed by atoms with van der Waals surface area (Å²) >= 11 is 5.79. The second-order valence-electron chi connectivity index (χ2n) is 3.58. The van der Waals surface area contributed by atoms with Crippen molar-refractivity contribution in [1.82, 2.24) is 25.0 Å². The Bertz CT molecular complexity index is 665. The highest BCUT2D eigenvalue weighted by molar-refractivity contribution is 6.28. The molecule has 0 saturated carbocycles. The van der Waals surface area contributed by atoms with Gasteiger partial charge in [-0.3, -0.25) is 0 Å². The van der Waals surface area contributed by atoms with Gasteiger partial charge in [0, 0.05) is 6.20 Å². The fourth-order valence-corrected chi connectivity index (χ4v) is 1.79. The molecule has 5 nitrogen and oxygen atoms in total. The van der Waals surface area contributed by atoms with Crippen molar-refractivity contribution in [2.24, 2.45) is 0 Å². The topological polar surface area (TPSA) is 56.5 Å². The van der Waals surface area contributed by atoms with E-state index in [0.29, 0.717) is 5.69 Å². The van der Waals surface area contributed by atoms with Gasteiger partial charge in [-0.25, -0.2) is 14.6 Å². The smallest absolute Gasteiger partial charge is 0.222 e. The van der Waals surface area contributed by atoms with Gasteiger partial charge in [-0.1, -0.05) is 23.4 Å². The summed E-state index contributed by atoms with van der Waals surface area (Å²) in [6, 6.07) is 11.5. The first-order chi connectivity index (χ1) is 8.84. The van der Waals surface area contributed by atoms with Crippen LogP contribution in [-0.4, -0.2) is 25.0 Å². The van der Waals surface area contributed by atoms with Gasteiger partial charge in [-0.2, -0.15) is 0 Å². The molecule has 6 heteroatoms. The first-order valence-corrected chi connectivity index (χ1v) is 5.67. The van der Waals surface area contributed by atoms with Crippen molar-refractivity contribution in [3.8, 4) is 17.1 Å². The summed E-state index contributed by atoms with van der Waals surface area (Å²) in [5.74, 6) is 0. The molecule has 18 heavy (non-hydrogen) atoms. The summed E-state index contributed by atoms with van der Waals surface area (Å²) in [5.41, 5.74) is 2.37. The maximum Gasteiger partial charge on any atom is 0.222 e. The van der Waals surface area contributed by atoms with E-state index in [9.17, 15) is 0 Å². The van der Waals surface area contributed by atoms with E-state index in [-0.39, 0.29) is 5.28 Å². The van der Waals surface area contributed by atoms with Gasteiger partial charge in [0.05, 0.1) is 17.6 Å². The lowest BCUT2D eigenvalue weighted by molar-refractivity contribution is 0.806. The van der Waals surface area contributed by atoms with Crippen molar-refractivity contribution in [2.75, 3.05) is 0 Å². The highest BCUT2D eigenvalue weighted by Crippen LogP contribution is 2.19. The van der Waals surface area contributed by atoms with Crippen molar-refractivity contribution in [3.05, 3.63) is 54.1 Å². The minimum Gasteiger partial charge on any atom is -0.226 e. The molecule has 0 fully saturated rings. The third-order valence-corrected chi connectivity index (χ3v) is 2.62. The molecule has 0 aliphatic rings. The van der Waals surface area contributed by atoms with E-state index >= 15 is 0 Å². The monoisotopic (exact) mass is 257 g/mol. The maximum absolute atomic E-state index is 5.79. The van der Waals surface area contributed by atoms with Gasteiger partial charge in [0.15, 0.2) is 0 Å². The zero-order valence-corrected chi connectivity index (χ0v) is 9.99. The van der Waals surface area contributed by atoms with Crippen molar-refractivity contribution < 1.29 is 0 Å². The SMILES string of the molecule is Clc1nccc(-c2cnnn2-c2ccccc2)n1. The van der Waals surface area contributed by atoms with Crippen molar-refractivity contribution in [3.63, 3.8) is 0 Å². The second kappa shape index (κ2) is 4.54. The third kappa shape index (κ3) is 1.96. The number of rotatable bonds is 2. The van der Waals surface area contributed by atoms with E-state index in [2.05, 4.69) is 20.3 Å². The molecule has 1 aromatic carbocycles. The first-order valence-electron chi connectivity index (χ1n) is 5.29. The minimum atomic E-state index is 0.202. The van der Waals surface area contributed by atoms with Crippen LogP contribution in [0, 0.1) is 0 Å². The van der Waals surface area contributed by atoms with E-state index in [4.69, 9.17) is 11.6 Å². The molecule has 0 aliphatic heterocycles. The molecule has 2 heterocycles. The van der Waals surface area contributed by atoms with Crippen LogP contribution in [0.15, 0.2) is 48.8 Å².